The average Bonchev–Trinajstić information content (AvgIpc) is 3.35. The molecule has 11 nitrogen and oxygen atoms in total. The molecule has 1 aliphatic heterocycles. The SMILES string of the molecule is CCOC(=O)c1sc(C2=C(C)NC(C)=C(OC(=O)OCCN(C)Cc3ccccc3)C2c2cccc([N+](=O)[O-])c2)nc1C. The van der Waals surface area contributed by atoms with Crippen LogP contribution in [0.5, 0.6) is 0 Å². The third-order valence-corrected chi connectivity index (χ3v) is 7.95. The van der Waals surface area contributed by atoms with E-state index in [9.17, 15) is 19.7 Å². The van der Waals surface area contributed by atoms with Crippen LogP contribution >= 0.6 is 11.3 Å². The highest BCUT2D eigenvalue weighted by Gasteiger charge is 2.36. The molecule has 0 saturated carbocycles. The second-order valence-electron chi connectivity index (χ2n) is 10.0. The standard InChI is InChI=1S/C31H34N4O7S/c1-6-40-30(36)28-21(4)33-29(43-28)25-19(2)32-20(3)27(26(25)23-13-10-14-24(17-23)35(38)39)42-31(37)41-16-15-34(5)18-22-11-8-7-9-12-22/h7-14,17,26,32H,6,15-16,18H2,1-5H3. The van der Waals surface area contributed by atoms with E-state index in [0.717, 1.165) is 16.9 Å². The van der Waals surface area contributed by atoms with Crippen molar-refractivity contribution in [1.29, 1.82) is 0 Å². The number of ether oxygens (including phenoxy) is 3. The minimum atomic E-state index is -0.902. The van der Waals surface area contributed by atoms with E-state index in [2.05, 4.69) is 10.3 Å². The number of benzene rings is 2. The first-order chi connectivity index (χ1) is 20.6. The minimum Gasteiger partial charge on any atom is -0.462 e. The summed E-state index contributed by atoms with van der Waals surface area (Å²) >= 11 is 1.15. The Morgan fingerprint density at radius 2 is 1.81 bits per heavy atom. The smallest absolute Gasteiger partial charge is 0.462 e. The summed E-state index contributed by atoms with van der Waals surface area (Å²) in [5.41, 5.74) is 3.87. The van der Waals surface area contributed by atoms with Crippen molar-refractivity contribution in [3.05, 3.63) is 109 Å². The number of dihydropyridines is 1. The van der Waals surface area contributed by atoms with E-state index in [-0.39, 0.29) is 24.7 Å². The van der Waals surface area contributed by atoms with E-state index in [1.807, 2.05) is 49.2 Å². The molecule has 2 aromatic carbocycles. The number of nitro benzene ring substituents is 1. The molecule has 1 unspecified atom stereocenters. The summed E-state index contributed by atoms with van der Waals surface area (Å²) in [7, 11) is 1.93. The van der Waals surface area contributed by atoms with Gasteiger partial charge in [-0.1, -0.05) is 42.5 Å². The normalized spacial score (nSPS) is 14.9. The Morgan fingerprint density at radius 1 is 1.07 bits per heavy atom. The number of aryl methyl sites for hydroxylation is 1. The molecule has 12 heteroatoms. The fourth-order valence-corrected chi connectivity index (χ4v) is 5.90. The lowest BCUT2D eigenvalue weighted by Gasteiger charge is -2.30. The molecule has 1 N–H and O–H groups in total. The largest absolute Gasteiger partial charge is 0.513 e. The Labute approximate surface area is 253 Å². The minimum absolute atomic E-state index is 0.0969. The van der Waals surface area contributed by atoms with E-state index >= 15 is 0 Å². The summed E-state index contributed by atoms with van der Waals surface area (Å²) in [5, 5.41) is 15.4. The molecule has 0 amide bonds. The maximum absolute atomic E-state index is 13.0. The Kier molecular flexibility index (Phi) is 10.3. The number of nitrogens with zero attached hydrogens (tertiary/aromatic N) is 3. The van der Waals surface area contributed by atoms with E-state index in [0.29, 0.717) is 51.2 Å². The monoisotopic (exact) mass is 606 g/mol. The highest BCUT2D eigenvalue weighted by Crippen LogP contribution is 2.45. The van der Waals surface area contributed by atoms with E-state index in [1.54, 1.807) is 32.9 Å². The Bertz CT molecular complexity index is 1570. The van der Waals surface area contributed by atoms with Crippen LogP contribution in [0.2, 0.25) is 0 Å². The predicted octanol–water partition coefficient (Wildman–Crippen LogP) is 6.17. The summed E-state index contributed by atoms with van der Waals surface area (Å²) in [5.74, 6) is -1.02. The van der Waals surface area contributed by atoms with Crippen LogP contribution in [0, 0.1) is 17.0 Å². The highest BCUT2D eigenvalue weighted by molar-refractivity contribution is 7.14. The van der Waals surface area contributed by atoms with Crippen LogP contribution in [-0.2, 0) is 20.8 Å². The molecule has 0 aliphatic carbocycles. The molecule has 1 atom stereocenters. The number of carbonyl (C=O) groups excluding carboxylic acids is 2. The van der Waals surface area contributed by atoms with Gasteiger partial charge < -0.3 is 19.5 Å². The number of esters is 1. The summed E-state index contributed by atoms with van der Waals surface area (Å²) in [6.07, 6.45) is -0.902. The van der Waals surface area contributed by atoms with E-state index in [1.165, 1.54) is 12.1 Å². The van der Waals surface area contributed by atoms with Crippen LogP contribution in [0.1, 0.15) is 58.2 Å². The molecule has 0 bridgehead atoms. The van der Waals surface area contributed by atoms with Gasteiger partial charge in [-0.05, 0) is 45.9 Å². The lowest BCUT2D eigenvalue weighted by Crippen LogP contribution is -2.28. The second-order valence-corrected chi connectivity index (χ2v) is 11.0. The Morgan fingerprint density at radius 3 is 2.51 bits per heavy atom. The predicted molar refractivity (Wildman–Crippen MR) is 162 cm³/mol. The van der Waals surface area contributed by atoms with Gasteiger partial charge in [-0.25, -0.2) is 14.6 Å². The van der Waals surface area contributed by atoms with Gasteiger partial charge in [-0.3, -0.25) is 15.0 Å². The van der Waals surface area contributed by atoms with Gasteiger partial charge in [0.2, 0.25) is 0 Å². The van der Waals surface area contributed by atoms with Gasteiger partial charge in [-0.2, -0.15) is 0 Å². The van der Waals surface area contributed by atoms with Crippen LogP contribution in [0.15, 0.2) is 71.8 Å². The summed E-state index contributed by atoms with van der Waals surface area (Å²) in [6, 6.07) is 16.1. The van der Waals surface area contributed by atoms with Crippen molar-refractivity contribution in [3.63, 3.8) is 0 Å². The highest BCUT2D eigenvalue weighted by atomic mass is 32.1. The van der Waals surface area contributed by atoms with Gasteiger partial charge in [0, 0.05) is 36.5 Å². The molecule has 1 aliphatic rings. The van der Waals surface area contributed by atoms with Crippen molar-refractivity contribution in [1.82, 2.24) is 15.2 Å². The average molecular weight is 607 g/mol. The van der Waals surface area contributed by atoms with Crippen LogP contribution in [0.25, 0.3) is 5.57 Å². The van der Waals surface area contributed by atoms with Crippen LogP contribution < -0.4 is 5.32 Å². The number of allylic oxidation sites excluding steroid dienone is 3. The molecular formula is C31H34N4O7S. The van der Waals surface area contributed by atoms with Crippen LogP contribution in [0.4, 0.5) is 10.5 Å². The summed E-state index contributed by atoms with van der Waals surface area (Å²) < 4.78 is 16.4. The fourth-order valence-electron chi connectivity index (χ4n) is 4.81. The zero-order chi connectivity index (χ0) is 31.1. The quantitative estimate of drug-likeness (QED) is 0.153. The first kappa shape index (κ1) is 31.4. The maximum atomic E-state index is 13.0. The third-order valence-electron chi connectivity index (χ3n) is 6.78. The number of rotatable bonds is 11. The number of carbonyl (C=O) groups is 2. The molecule has 2 heterocycles. The third kappa shape index (κ3) is 7.65. The molecule has 43 heavy (non-hydrogen) atoms. The lowest BCUT2D eigenvalue weighted by molar-refractivity contribution is -0.384. The molecule has 0 fully saturated rings. The summed E-state index contributed by atoms with van der Waals surface area (Å²) in [4.78, 5) is 43.7. The molecule has 0 saturated heterocycles. The van der Waals surface area contributed by atoms with Crippen molar-refractivity contribution in [2.45, 2.75) is 40.2 Å². The lowest BCUT2D eigenvalue weighted by atomic mass is 9.85. The first-order valence-corrected chi connectivity index (χ1v) is 14.6. The number of aromatic nitrogens is 1. The molecule has 226 valence electrons. The number of thiazole rings is 1. The molecule has 1 aromatic heterocycles. The van der Waals surface area contributed by atoms with Crippen molar-refractivity contribution in [2.24, 2.45) is 0 Å². The number of non-ortho nitro benzene ring substituents is 1. The van der Waals surface area contributed by atoms with Gasteiger partial charge in [0.25, 0.3) is 5.69 Å². The van der Waals surface area contributed by atoms with Crippen LogP contribution in [0.3, 0.4) is 0 Å². The molecule has 3 aromatic rings. The van der Waals surface area contributed by atoms with Crippen molar-refractivity contribution >= 4 is 34.7 Å². The van der Waals surface area contributed by atoms with Gasteiger partial charge >= 0.3 is 12.1 Å². The van der Waals surface area contributed by atoms with Crippen LogP contribution in [-0.4, -0.2) is 53.7 Å². The van der Waals surface area contributed by atoms with Gasteiger partial charge in [0.05, 0.1) is 28.8 Å². The Balaban J connectivity index is 1.61. The maximum Gasteiger partial charge on any atom is 0.513 e. The van der Waals surface area contributed by atoms with Crippen molar-refractivity contribution in [2.75, 3.05) is 26.8 Å². The van der Waals surface area contributed by atoms with Crippen molar-refractivity contribution in [3.8, 4) is 0 Å². The number of hydrogen-bond acceptors (Lipinski definition) is 11. The zero-order valence-electron chi connectivity index (χ0n) is 24.7. The Hall–Kier alpha value is -4.55. The van der Waals surface area contributed by atoms with Gasteiger partial charge in [0.15, 0.2) is 0 Å². The number of nitro groups is 1. The first-order valence-electron chi connectivity index (χ1n) is 13.7. The molecule has 4 rings (SSSR count). The molecule has 0 spiro atoms. The second kappa shape index (κ2) is 14.1. The van der Waals surface area contributed by atoms with E-state index < -0.39 is 23.0 Å². The molecule has 0 radical (unpaired) electrons. The van der Waals surface area contributed by atoms with Gasteiger partial charge in [-0.15, -0.1) is 11.3 Å². The molecular weight excluding hydrogens is 572 g/mol. The van der Waals surface area contributed by atoms with E-state index in [4.69, 9.17) is 14.2 Å². The number of hydrogen-bond donors (Lipinski definition) is 1. The van der Waals surface area contributed by atoms with Gasteiger partial charge in [0.1, 0.15) is 22.3 Å². The summed E-state index contributed by atoms with van der Waals surface area (Å²) in [6.45, 7) is 8.51. The zero-order valence-corrected chi connectivity index (χ0v) is 25.5. The fraction of sp³-hybridized carbons (Fsp3) is 0.323. The van der Waals surface area contributed by atoms with Crippen molar-refractivity contribution < 1.29 is 28.7 Å². The number of nitrogens with one attached hydrogen (secondary N) is 1. The topological polar surface area (TPSA) is 133 Å². The number of likely N-dealkylation sites (N-methyl/N-ethyl adjacent to an activating group) is 1.